The van der Waals surface area contributed by atoms with E-state index in [0.717, 1.165) is 5.56 Å². The Kier molecular flexibility index (Phi) is 10.1. The molecule has 0 saturated carbocycles. The molecule has 0 fully saturated rings. The van der Waals surface area contributed by atoms with Crippen molar-refractivity contribution < 1.29 is 23.9 Å². The molecule has 1 rings (SSSR count). The molecule has 2 N–H and O–H groups in total. The number of aliphatic imine (C=N–C) groups is 1. The summed E-state index contributed by atoms with van der Waals surface area (Å²) in [6.45, 7) is 9.28. The molecule has 0 aromatic heterocycles. The van der Waals surface area contributed by atoms with Crippen molar-refractivity contribution in [2.75, 3.05) is 6.61 Å². The Bertz CT molecular complexity index is 694. The van der Waals surface area contributed by atoms with Gasteiger partial charge >= 0.3 is 6.09 Å². The number of amides is 2. The highest BCUT2D eigenvalue weighted by atomic mass is 16.6. The highest BCUT2D eigenvalue weighted by Crippen LogP contribution is 2.09. The van der Waals surface area contributed by atoms with E-state index in [1.807, 2.05) is 44.2 Å². The van der Waals surface area contributed by atoms with Crippen LogP contribution in [0.15, 0.2) is 35.3 Å². The van der Waals surface area contributed by atoms with E-state index < -0.39 is 29.8 Å². The topological polar surface area (TPSA) is 106 Å². The summed E-state index contributed by atoms with van der Waals surface area (Å²) >= 11 is 0. The van der Waals surface area contributed by atoms with Crippen molar-refractivity contribution in [2.24, 2.45) is 10.9 Å². The van der Waals surface area contributed by atoms with E-state index in [1.54, 1.807) is 20.8 Å². The molecule has 8 nitrogen and oxygen atoms in total. The third-order valence-electron chi connectivity index (χ3n) is 3.62. The summed E-state index contributed by atoms with van der Waals surface area (Å²) in [6, 6.07) is 8.45. The van der Waals surface area contributed by atoms with Gasteiger partial charge < -0.3 is 20.1 Å². The number of isocyanates is 1. The summed E-state index contributed by atoms with van der Waals surface area (Å²) in [5.74, 6) is -0.322. The van der Waals surface area contributed by atoms with E-state index in [4.69, 9.17) is 9.47 Å². The van der Waals surface area contributed by atoms with Gasteiger partial charge in [0.1, 0.15) is 17.8 Å². The minimum absolute atomic E-state index is 0.0703. The fourth-order valence-corrected chi connectivity index (χ4v) is 2.42. The fraction of sp³-hybridized carbons (Fsp3) is 0.571. The maximum atomic E-state index is 12.7. The minimum Gasteiger partial charge on any atom is -0.444 e. The Labute approximate surface area is 172 Å². The fourth-order valence-electron chi connectivity index (χ4n) is 2.42. The van der Waals surface area contributed by atoms with Crippen molar-refractivity contribution >= 4 is 18.1 Å². The molecule has 0 heterocycles. The molecule has 0 unspecified atom stereocenters. The highest BCUT2D eigenvalue weighted by Gasteiger charge is 2.26. The number of hydrogen-bond acceptors (Lipinski definition) is 6. The van der Waals surface area contributed by atoms with Crippen molar-refractivity contribution in [3.05, 3.63) is 35.9 Å². The Morgan fingerprint density at radius 1 is 1.14 bits per heavy atom. The number of carbonyl (C=O) groups is 2. The van der Waals surface area contributed by atoms with E-state index in [0.29, 0.717) is 6.42 Å². The SMILES string of the molecule is CC(C)C[C@@H](N=C=O)NC(=O)[C@H](COCc1ccccc1)NC(=O)OC(C)(C)C. The molecule has 0 saturated heterocycles. The normalized spacial score (nSPS) is 13.2. The van der Waals surface area contributed by atoms with Crippen LogP contribution in [0, 0.1) is 5.92 Å². The van der Waals surface area contributed by atoms with Crippen LogP contribution in [0.2, 0.25) is 0 Å². The zero-order chi connectivity index (χ0) is 21.9. The molecular formula is C21H31N3O5. The van der Waals surface area contributed by atoms with Gasteiger partial charge in [0.25, 0.3) is 0 Å². The zero-order valence-corrected chi connectivity index (χ0v) is 17.7. The van der Waals surface area contributed by atoms with Gasteiger partial charge in [-0.3, -0.25) is 4.79 Å². The largest absolute Gasteiger partial charge is 0.444 e. The van der Waals surface area contributed by atoms with Crippen LogP contribution in [0.5, 0.6) is 0 Å². The third-order valence-corrected chi connectivity index (χ3v) is 3.62. The van der Waals surface area contributed by atoms with Crippen LogP contribution >= 0.6 is 0 Å². The quantitative estimate of drug-likeness (QED) is 0.460. The molecule has 1 aromatic rings. The smallest absolute Gasteiger partial charge is 0.408 e. The first-order valence-corrected chi connectivity index (χ1v) is 9.59. The lowest BCUT2D eigenvalue weighted by Gasteiger charge is -2.24. The van der Waals surface area contributed by atoms with Crippen LogP contribution in [-0.2, 0) is 25.7 Å². The minimum atomic E-state index is -1.01. The summed E-state index contributed by atoms with van der Waals surface area (Å²) in [4.78, 5) is 39.1. The predicted octanol–water partition coefficient (Wildman–Crippen LogP) is 2.92. The van der Waals surface area contributed by atoms with Crippen molar-refractivity contribution in [2.45, 2.75) is 65.5 Å². The maximum Gasteiger partial charge on any atom is 0.408 e. The van der Waals surface area contributed by atoms with Crippen molar-refractivity contribution in [3.63, 3.8) is 0 Å². The summed E-state index contributed by atoms with van der Waals surface area (Å²) in [7, 11) is 0. The van der Waals surface area contributed by atoms with E-state index >= 15 is 0 Å². The van der Waals surface area contributed by atoms with Crippen LogP contribution < -0.4 is 10.6 Å². The van der Waals surface area contributed by atoms with Gasteiger partial charge in [-0.2, -0.15) is 4.99 Å². The number of carbonyl (C=O) groups excluding carboxylic acids is 3. The molecule has 0 bridgehead atoms. The molecule has 8 heteroatoms. The Balaban J connectivity index is 2.79. The lowest BCUT2D eigenvalue weighted by molar-refractivity contribution is -0.125. The standard InChI is InChI=1S/C21H31N3O5/c1-15(2)11-18(22-14-25)24-19(26)17(23-20(27)29-21(3,4)5)13-28-12-16-9-7-6-8-10-16/h6-10,15,17-18H,11-13H2,1-5H3,(H,23,27)(H,24,26)/t17-,18-/m0/s1. The number of alkyl carbamates (subject to hydrolysis) is 1. The molecule has 0 aliphatic carbocycles. The number of benzene rings is 1. The molecule has 1 aromatic carbocycles. The number of hydrogen-bond donors (Lipinski definition) is 2. The van der Waals surface area contributed by atoms with Crippen LogP contribution in [0.3, 0.4) is 0 Å². The van der Waals surface area contributed by atoms with Gasteiger partial charge in [-0.1, -0.05) is 44.2 Å². The Morgan fingerprint density at radius 3 is 2.34 bits per heavy atom. The molecule has 160 valence electrons. The highest BCUT2D eigenvalue weighted by molar-refractivity contribution is 5.86. The van der Waals surface area contributed by atoms with Gasteiger partial charge in [0.05, 0.1) is 13.2 Å². The number of nitrogens with one attached hydrogen (secondary N) is 2. The average Bonchev–Trinajstić information content (AvgIpc) is 2.59. The maximum absolute atomic E-state index is 12.7. The van der Waals surface area contributed by atoms with Crippen molar-refractivity contribution in [3.8, 4) is 0 Å². The monoisotopic (exact) mass is 405 g/mol. The van der Waals surface area contributed by atoms with Gasteiger partial charge in [-0.15, -0.1) is 0 Å². The van der Waals surface area contributed by atoms with Crippen molar-refractivity contribution in [1.82, 2.24) is 10.6 Å². The van der Waals surface area contributed by atoms with E-state index in [-0.39, 0.29) is 19.1 Å². The predicted molar refractivity (Wildman–Crippen MR) is 109 cm³/mol. The molecule has 2 atom stereocenters. The van der Waals surface area contributed by atoms with Gasteiger partial charge in [0.15, 0.2) is 0 Å². The first kappa shape index (κ1) is 24.3. The van der Waals surface area contributed by atoms with Crippen LogP contribution in [0.25, 0.3) is 0 Å². The lowest BCUT2D eigenvalue weighted by atomic mass is 10.1. The molecule has 0 aliphatic rings. The number of ether oxygens (including phenoxy) is 2. The molecule has 29 heavy (non-hydrogen) atoms. The van der Waals surface area contributed by atoms with Gasteiger partial charge in [-0.05, 0) is 38.7 Å². The number of nitrogens with zero attached hydrogens (tertiary/aromatic N) is 1. The molecule has 0 spiro atoms. The summed E-state index contributed by atoms with van der Waals surface area (Å²) in [5.41, 5.74) is 0.227. The van der Waals surface area contributed by atoms with Crippen molar-refractivity contribution in [1.29, 1.82) is 0 Å². The average molecular weight is 405 g/mol. The first-order chi connectivity index (χ1) is 13.6. The second-order valence-electron chi connectivity index (χ2n) is 8.07. The van der Waals surface area contributed by atoms with Crippen LogP contribution in [-0.4, -0.2) is 42.5 Å². The van der Waals surface area contributed by atoms with E-state index in [1.165, 1.54) is 6.08 Å². The lowest BCUT2D eigenvalue weighted by Crippen LogP contribution is -2.52. The summed E-state index contributed by atoms with van der Waals surface area (Å²) in [5, 5.41) is 5.17. The molecular weight excluding hydrogens is 374 g/mol. The molecule has 2 amide bonds. The van der Waals surface area contributed by atoms with E-state index in [2.05, 4.69) is 15.6 Å². The van der Waals surface area contributed by atoms with Gasteiger partial charge in [0.2, 0.25) is 12.0 Å². The Hall–Kier alpha value is -2.70. The van der Waals surface area contributed by atoms with Gasteiger partial charge in [-0.25, -0.2) is 9.59 Å². The molecule has 0 radical (unpaired) electrons. The second kappa shape index (κ2) is 12.0. The number of rotatable bonds is 10. The van der Waals surface area contributed by atoms with E-state index in [9.17, 15) is 14.4 Å². The first-order valence-electron chi connectivity index (χ1n) is 9.59. The summed E-state index contributed by atoms with van der Waals surface area (Å²) < 4.78 is 10.8. The van der Waals surface area contributed by atoms with Crippen LogP contribution in [0.4, 0.5) is 4.79 Å². The zero-order valence-electron chi connectivity index (χ0n) is 17.7. The Morgan fingerprint density at radius 2 is 1.79 bits per heavy atom. The third kappa shape index (κ3) is 11.0. The van der Waals surface area contributed by atoms with Crippen LogP contribution in [0.1, 0.15) is 46.6 Å². The summed E-state index contributed by atoms with van der Waals surface area (Å²) in [6.07, 6.45) is 0.473. The molecule has 0 aliphatic heterocycles. The second-order valence-corrected chi connectivity index (χ2v) is 8.07. The van der Waals surface area contributed by atoms with Gasteiger partial charge in [0, 0.05) is 0 Å².